The van der Waals surface area contributed by atoms with E-state index in [1.54, 1.807) is 18.8 Å². The van der Waals surface area contributed by atoms with E-state index in [0.717, 1.165) is 0 Å². The third-order valence-corrected chi connectivity index (χ3v) is 6.91. The molecular formula is C17H27N2O6PS. The van der Waals surface area contributed by atoms with Crippen molar-refractivity contribution < 1.29 is 28.1 Å². The average molecular weight is 418 g/mol. The third kappa shape index (κ3) is 5.31. The summed E-state index contributed by atoms with van der Waals surface area (Å²) < 4.78 is 35.4. The Labute approximate surface area is 165 Å². The van der Waals surface area contributed by atoms with E-state index < -0.39 is 7.52 Å². The Bertz CT molecular complexity index is 684. The number of hydrogen-bond donors (Lipinski definition) is 2. The quantitative estimate of drug-likeness (QED) is 0.381. The van der Waals surface area contributed by atoms with Gasteiger partial charge in [0.05, 0.1) is 27.3 Å². The highest BCUT2D eigenvalue weighted by Gasteiger charge is 2.31. The van der Waals surface area contributed by atoms with E-state index in [4.69, 9.17) is 18.7 Å². The monoisotopic (exact) mass is 418 g/mol. The van der Waals surface area contributed by atoms with Gasteiger partial charge in [0.1, 0.15) is 0 Å². The molecule has 0 aliphatic carbocycles. The lowest BCUT2D eigenvalue weighted by Gasteiger charge is -2.35. The van der Waals surface area contributed by atoms with Crippen LogP contribution >= 0.6 is 20.1 Å². The first-order valence-electron chi connectivity index (χ1n) is 8.55. The Balaban J connectivity index is 2.03. The molecular weight excluding hydrogens is 391 g/mol. The largest absolute Gasteiger partial charge is 0.493 e. The number of piperidine rings is 1. The molecule has 8 nitrogen and oxygen atoms in total. The highest BCUT2D eigenvalue weighted by molar-refractivity contribution is 7.80. The van der Waals surface area contributed by atoms with E-state index in [2.05, 4.69) is 17.9 Å². The maximum absolute atomic E-state index is 12.7. The molecule has 0 spiro atoms. The lowest BCUT2D eigenvalue weighted by Crippen LogP contribution is -2.43. The Morgan fingerprint density at radius 1 is 1.19 bits per heavy atom. The van der Waals surface area contributed by atoms with Gasteiger partial charge in [0, 0.05) is 31.4 Å². The molecule has 1 unspecified atom stereocenters. The highest BCUT2D eigenvalue weighted by Crippen LogP contribution is 2.48. The van der Waals surface area contributed by atoms with Crippen molar-refractivity contribution in [3.63, 3.8) is 0 Å². The molecule has 1 N–H and O–H groups in total. The van der Waals surface area contributed by atoms with Gasteiger partial charge in [-0.2, -0.15) is 12.6 Å². The van der Waals surface area contributed by atoms with E-state index in [9.17, 15) is 9.36 Å². The minimum absolute atomic E-state index is 0.0103. The summed E-state index contributed by atoms with van der Waals surface area (Å²) in [7, 11) is 1.70. The average Bonchev–Trinajstić information content (AvgIpc) is 2.67. The first kappa shape index (κ1) is 21.9. The van der Waals surface area contributed by atoms with Gasteiger partial charge in [-0.05, 0) is 25.0 Å². The number of thiol groups is 1. The van der Waals surface area contributed by atoms with Crippen LogP contribution < -0.4 is 19.5 Å². The predicted octanol–water partition coefficient (Wildman–Crippen LogP) is 2.63. The molecule has 2 rings (SSSR count). The summed E-state index contributed by atoms with van der Waals surface area (Å²) in [5, 5.41) is 3.02. The minimum atomic E-state index is -2.82. The van der Waals surface area contributed by atoms with Gasteiger partial charge in [-0.1, -0.05) is 0 Å². The predicted molar refractivity (Wildman–Crippen MR) is 107 cm³/mol. The molecule has 1 aliphatic heterocycles. The second-order valence-electron chi connectivity index (χ2n) is 6.18. The van der Waals surface area contributed by atoms with Gasteiger partial charge < -0.3 is 24.1 Å². The first-order chi connectivity index (χ1) is 12.9. The van der Waals surface area contributed by atoms with Gasteiger partial charge in [0.2, 0.25) is 5.75 Å². The van der Waals surface area contributed by atoms with Gasteiger partial charge in [0.25, 0.3) is 13.4 Å². The van der Waals surface area contributed by atoms with Gasteiger partial charge in [-0.15, -0.1) is 0 Å². The maximum Gasteiger partial charge on any atom is 0.270 e. The van der Waals surface area contributed by atoms with Crippen molar-refractivity contribution in [2.24, 2.45) is 0 Å². The maximum atomic E-state index is 12.7. The van der Waals surface area contributed by atoms with Crippen LogP contribution in [0.5, 0.6) is 17.2 Å². The van der Waals surface area contributed by atoms with Crippen molar-refractivity contribution in [1.29, 1.82) is 0 Å². The minimum Gasteiger partial charge on any atom is -0.493 e. The third-order valence-electron chi connectivity index (χ3n) is 4.54. The van der Waals surface area contributed by atoms with Crippen LogP contribution in [0.1, 0.15) is 23.2 Å². The zero-order valence-corrected chi connectivity index (χ0v) is 17.8. The molecule has 27 heavy (non-hydrogen) atoms. The SMILES string of the molecule is COc1cc(C(=O)NC2CCN(P(C)(=O)OCS)CC2)cc(OC)c1OC. The number of amides is 1. The van der Waals surface area contributed by atoms with Crippen LogP contribution in [0.15, 0.2) is 12.1 Å². The summed E-state index contributed by atoms with van der Waals surface area (Å²) in [5.74, 6) is 1.18. The van der Waals surface area contributed by atoms with E-state index >= 15 is 0 Å². The number of benzene rings is 1. The molecule has 1 aromatic rings. The van der Waals surface area contributed by atoms with Gasteiger partial charge in [0.15, 0.2) is 11.5 Å². The number of rotatable bonds is 8. The van der Waals surface area contributed by atoms with Crippen molar-refractivity contribution in [1.82, 2.24) is 9.99 Å². The lowest BCUT2D eigenvalue weighted by atomic mass is 10.1. The summed E-state index contributed by atoms with van der Waals surface area (Å²) in [6, 6.07) is 3.22. The number of hydrogen-bond acceptors (Lipinski definition) is 7. The van der Waals surface area contributed by atoms with E-state index in [1.807, 2.05) is 4.67 Å². The van der Waals surface area contributed by atoms with Gasteiger partial charge in [-0.3, -0.25) is 9.36 Å². The standard InChI is InChI=1S/C17H27N2O6PS/c1-22-14-9-12(10-15(23-2)16(14)24-3)17(20)18-13-5-7-19(8-6-13)26(4,21)25-11-27/h9-10,13,27H,5-8,11H2,1-4H3,(H,18,20). The normalized spacial score (nSPS) is 17.8. The Morgan fingerprint density at radius 3 is 2.19 bits per heavy atom. The summed E-state index contributed by atoms with van der Waals surface area (Å²) in [5.41, 5.74) is 0.423. The van der Waals surface area contributed by atoms with Crippen molar-refractivity contribution in [2.75, 3.05) is 47.0 Å². The molecule has 1 heterocycles. The van der Waals surface area contributed by atoms with Gasteiger partial charge >= 0.3 is 0 Å². The van der Waals surface area contributed by atoms with Crippen molar-refractivity contribution in [2.45, 2.75) is 18.9 Å². The van der Waals surface area contributed by atoms with E-state index in [-0.39, 0.29) is 17.9 Å². The molecule has 1 aliphatic rings. The van der Waals surface area contributed by atoms with Crippen molar-refractivity contribution >= 4 is 26.1 Å². The number of methoxy groups -OCH3 is 3. The van der Waals surface area contributed by atoms with Crippen LogP contribution in [0.4, 0.5) is 0 Å². The van der Waals surface area contributed by atoms with Crippen molar-refractivity contribution in [3.8, 4) is 17.2 Å². The lowest BCUT2D eigenvalue weighted by molar-refractivity contribution is 0.0921. The van der Waals surface area contributed by atoms with E-state index in [1.165, 1.54) is 21.3 Å². The summed E-state index contributed by atoms with van der Waals surface area (Å²) in [6.07, 6.45) is 1.37. The number of carbonyl (C=O) groups excluding carboxylic acids is 1. The molecule has 152 valence electrons. The molecule has 0 aromatic heterocycles. The zero-order valence-electron chi connectivity index (χ0n) is 16.1. The zero-order chi connectivity index (χ0) is 20.0. The molecule has 1 saturated heterocycles. The fraction of sp³-hybridized carbons (Fsp3) is 0.588. The molecule has 10 heteroatoms. The molecule has 0 saturated carbocycles. The topological polar surface area (TPSA) is 86.3 Å². The number of nitrogens with zero attached hydrogens (tertiary/aromatic N) is 1. The van der Waals surface area contributed by atoms with Crippen LogP contribution in [0, 0.1) is 0 Å². The molecule has 1 aromatic carbocycles. The number of ether oxygens (including phenoxy) is 3. The first-order valence-corrected chi connectivity index (χ1v) is 11.2. The second kappa shape index (κ2) is 9.68. The Morgan fingerprint density at radius 2 is 1.74 bits per heavy atom. The molecule has 0 bridgehead atoms. The van der Waals surface area contributed by atoms with Crippen LogP contribution in [0.25, 0.3) is 0 Å². The van der Waals surface area contributed by atoms with Crippen LogP contribution in [-0.4, -0.2) is 63.6 Å². The fourth-order valence-corrected chi connectivity index (χ4v) is 5.02. The van der Waals surface area contributed by atoms with Gasteiger partial charge in [-0.25, -0.2) is 4.67 Å². The molecule has 0 radical (unpaired) electrons. The fourth-order valence-electron chi connectivity index (χ4n) is 3.04. The highest BCUT2D eigenvalue weighted by atomic mass is 32.1. The molecule has 1 atom stereocenters. The second-order valence-corrected chi connectivity index (χ2v) is 8.86. The molecule has 1 amide bonds. The van der Waals surface area contributed by atoms with Crippen molar-refractivity contribution in [3.05, 3.63) is 17.7 Å². The van der Waals surface area contributed by atoms with Crippen LogP contribution in [-0.2, 0) is 9.09 Å². The number of carbonyl (C=O) groups is 1. The Kier molecular flexibility index (Phi) is 7.85. The van der Waals surface area contributed by atoms with E-state index in [0.29, 0.717) is 48.7 Å². The van der Waals surface area contributed by atoms with Crippen LogP contribution in [0.2, 0.25) is 0 Å². The number of nitrogens with one attached hydrogen (secondary N) is 1. The summed E-state index contributed by atoms with van der Waals surface area (Å²) >= 11 is 3.98. The smallest absolute Gasteiger partial charge is 0.270 e. The Hall–Kier alpha value is -1.41. The summed E-state index contributed by atoms with van der Waals surface area (Å²) in [4.78, 5) is 12.7. The van der Waals surface area contributed by atoms with Crippen LogP contribution in [0.3, 0.4) is 0 Å². The molecule has 1 fully saturated rings. The summed E-state index contributed by atoms with van der Waals surface area (Å²) in [6.45, 7) is 2.77.